The lowest BCUT2D eigenvalue weighted by atomic mass is 9.84. The minimum absolute atomic E-state index is 0.0161. The minimum Gasteiger partial charge on any atom is -0.481 e. The zero-order valence-corrected chi connectivity index (χ0v) is 14.8. The molecule has 1 N–H and O–H groups in total. The zero-order chi connectivity index (χ0) is 16.4. The topological polar surface area (TPSA) is 59.0 Å². The number of hydrogen-bond donors (Lipinski definition) is 1. The van der Waals surface area contributed by atoms with E-state index >= 15 is 0 Å². The van der Waals surface area contributed by atoms with Crippen molar-refractivity contribution < 1.29 is 19.4 Å². The Balaban J connectivity index is 1.91. The Hall–Kier alpha value is -1.27. The lowest BCUT2D eigenvalue weighted by Crippen LogP contribution is -2.36. The number of fused-ring (bicyclic) bond motifs is 1. The Morgan fingerprint density at radius 3 is 2.87 bits per heavy atom. The molecule has 0 aliphatic carbocycles. The molecule has 3 rings (SSSR count). The second-order valence-corrected chi connectivity index (χ2v) is 6.92. The fourth-order valence-corrected chi connectivity index (χ4v) is 4.27. The largest absolute Gasteiger partial charge is 0.481 e. The maximum atomic E-state index is 12.0. The first-order chi connectivity index (χ1) is 11.2. The molecule has 1 aromatic rings. The van der Waals surface area contributed by atoms with E-state index in [0.29, 0.717) is 0 Å². The molecule has 126 valence electrons. The number of carboxylic acids is 1. The molecule has 0 saturated carbocycles. The predicted molar refractivity (Wildman–Crippen MR) is 90.5 cm³/mol. The van der Waals surface area contributed by atoms with E-state index in [1.165, 1.54) is 0 Å². The normalized spacial score (nSPS) is 26.6. The van der Waals surface area contributed by atoms with Crippen molar-refractivity contribution in [2.24, 2.45) is 5.92 Å². The van der Waals surface area contributed by atoms with E-state index in [0.717, 1.165) is 48.3 Å². The second kappa shape index (κ2) is 7.09. The number of likely N-dealkylation sites (tertiary alicyclic amines) is 1. The van der Waals surface area contributed by atoms with Gasteiger partial charge in [0.2, 0.25) is 6.79 Å². The smallest absolute Gasteiger partial charge is 0.308 e. The van der Waals surface area contributed by atoms with Crippen LogP contribution in [0.15, 0.2) is 18.2 Å². The fourth-order valence-electron chi connectivity index (χ4n) is 3.81. The number of nitrogens with zero attached hydrogens (tertiary/aromatic N) is 1. The third kappa shape index (κ3) is 3.19. The average molecular weight is 384 g/mol. The van der Waals surface area contributed by atoms with Crippen molar-refractivity contribution in [3.63, 3.8) is 0 Å². The molecule has 1 saturated heterocycles. The van der Waals surface area contributed by atoms with Crippen LogP contribution in [0.1, 0.15) is 31.2 Å². The average Bonchev–Trinajstić information content (AvgIpc) is 3.12. The van der Waals surface area contributed by atoms with Gasteiger partial charge in [-0.25, -0.2) is 0 Å². The van der Waals surface area contributed by atoms with E-state index in [1.807, 2.05) is 18.2 Å². The first-order valence-corrected chi connectivity index (χ1v) is 9.20. The Morgan fingerprint density at radius 1 is 1.39 bits per heavy atom. The van der Waals surface area contributed by atoms with Crippen LogP contribution in [0.2, 0.25) is 0 Å². The van der Waals surface area contributed by atoms with Crippen LogP contribution in [0.5, 0.6) is 11.5 Å². The first kappa shape index (κ1) is 16.6. The highest BCUT2D eigenvalue weighted by atomic mass is 79.9. The van der Waals surface area contributed by atoms with Crippen molar-refractivity contribution in [3.8, 4) is 11.5 Å². The van der Waals surface area contributed by atoms with Gasteiger partial charge in [-0.1, -0.05) is 35.3 Å². The molecule has 23 heavy (non-hydrogen) atoms. The van der Waals surface area contributed by atoms with E-state index < -0.39 is 5.97 Å². The third-order valence-corrected chi connectivity index (χ3v) is 5.17. The standard InChI is InChI=1S/C17H22BrNO4/c1-2-3-13-16(17(20)21)12(9-19(13)7-6-18)11-4-5-14-15(8-11)23-10-22-14/h4-5,8,12-13,16H,2-3,6-7,9-10H2,1H3,(H,20,21). The molecule has 5 nitrogen and oxygen atoms in total. The SMILES string of the molecule is CCCC1C(C(=O)O)C(c2ccc3c(c2)OCO3)CN1CCBr. The molecule has 2 heterocycles. The molecule has 0 spiro atoms. The molecule has 0 bridgehead atoms. The number of aliphatic carboxylic acids is 1. The van der Waals surface area contributed by atoms with Gasteiger partial charge in [-0.15, -0.1) is 0 Å². The van der Waals surface area contributed by atoms with E-state index in [-0.39, 0.29) is 24.7 Å². The maximum absolute atomic E-state index is 12.0. The summed E-state index contributed by atoms with van der Waals surface area (Å²) in [5.74, 6) is 0.355. The molecule has 1 aromatic carbocycles. The zero-order valence-electron chi connectivity index (χ0n) is 13.2. The van der Waals surface area contributed by atoms with Crippen LogP contribution >= 0.6 is 15.9 Å². The number of benzene rings is 1. The first-order valence-electron chi connectivity index (χ1n) is 8.08. The Morgan fingerprint density at radius 2 is 2.17 bits per heavy atom. The van der Waals surface area contributed by atoms with Crippen molar-refractivity contribution in [1.29, 1.82) is 0 Å². The third-order valence-electron chi connectivity index (χ3n) is 4.81. The predicted octanol–water partition coefficient (Wildman–Crippen LogP) is 3.08. The van der Waals surface area contributed by atoms with E-state index in [1.54, 1.807) is 0 Å². The molecule has 6 heteroatoms. The number of halogens is 1. The lowest BCUT2D eigenvalue weighted by Gasteiger charge is -2.25. The number of alkyl halides is 1. The summed E-state index contributed by atoms with van der Waals surface area (Å²) in [4.78, 5) is 14.3. The van der Waals surface area contributed by atoms with Gasteiger partial charge in [-0.05, 0) is 24.1 Å². The van der Waals surface area contributed by atoms with Gasteiger partial charge in [0.25, 0.3) is 0 Å². The number of hydrogen-bond acceptors (Lipinski definition) is 4. The van der Waals surface area contributed by atoms with Gasteiger partial charge in [0.05, 0.1) is 5.92 Å². The van der Waals surface area contributed by atoms with Crippen LogP contribution in [0, 0.1) is 5.92 Å². The highest BCUT2D eigenvalue weighted by molar-refractivity contribution is 9.09. The van der Waals surface area contributed by atoms with Gasteiger partial charge in [0, 0.05) is 30.4 Å². The van der Waals surface area contributed by atoms with Crippen LogP contribution in [0.4, 0.5) is 0 Å². The van der Waals surface area contributed by atoms with E-state index in [2.05, 4.69) is 27.8 Å². The van der Waals surface area contributed by atoms with Crippen molar-refractivity contribution in [2.75, 3.05) is 25.2 Å². The van der Waals surface area contributed by atoms with E-state index in [9.17, 15) is 9.90 Å². The van der Waals surface area contributed by atoms with Crippen LogP contribution in [0.25, 0.3) is 0 Å². The minimum atomic E-state index is -0.705. The highest BCUT2D eigenvalue weighted by Gasteiger charge is 2.45. The quantitative estimate of drug-likeness (QED) is 0.764. The molecular weight excluding hydrogens is 362 g/mol. The molecule has 0 radical (unpaired) electrons. The summed E-state index contributed by atoms with van der Waals surface area (Å²) in [6, 6.07) is 5.90. The number of carboxylic acid groups (broad SMARTS) is 1. The molecule has 2 aliphatic heterocycles. The molecule has 3 unspecified atom stereocenters. The van der Waals surface area contributed by atoms with Gasteiger partial charge in [0.15, 0.2) is 11.5 Å². The Labute approximate surface area is 144 Å². The molecule has 2 aliphatic rings. The second-order valence-electron chi connectivity index (χ2n) is 6.12. The van der Waals surface area contributed by atoms with Gasteiger partial charge in [-0.2, -0.15) is 0 Å². The Kier molecular flexibility index (Phi) is 5.11. The van der Waals surface area contributed by atoms with Crippen molar-refractivity contribution in [1.82, 2.24) is 4.90 Å². The van der Waals surface area contributed by atoms with E-state index in [4.69, 9.17) is 9.47 Å². The number of ether oxygens (including phenoxy) is 2. The van der Waals surface area contributed by atoms with Crippen LogP contribution in [-0.2, 0) is 4.79 Å². The number of rotatable bonds is 6. The summed E-state index contributed by atoms with van der Waals surface area (Å²) in [6.07, 6.45) is 1.89. The van der Waals surface area contributed by atoms with Crippen molar-refractivity contribution in [3.05, 3.63) is 23.8 Å². The maximum Gasteiger partial charge on any atom is 0.308 e. The van der Waals surface area contributed by atoms with Crippen molar-refractivity contribution >= 4 is 21.9 Å². The highest BCUT2D eigenvalue weighted by Crippen LogP contribution is 2.42. The van der Waals surface area contributed by atoms with Gasteiger partial charge in [0.1, 0.15) is 0 Å². The monoisotopic (exact) mass is 383 g/mol. The molecular formula is C17H22BrNO4. The molecule has 0 amide bonds. The summed E-state index contributed by atoms with van der Waals surface area (Å²) in [5.41, 5.74) is 1.03. The van der Waals surface area contributed by atoms with Crippen LogP contribution in [0.3, 0.4) is 0 Å². The summed E-state index contributed by atoms with van der Waals surface area (Å²) < 4.78 is 10.8. The molecule has 3 atom stereocenters. The Bertz CT molecular complexity index is 580. The van der Waals surface area contributed by atoms with Crippen molar-refractivity contribution in [2.45, 2.75) is 31.7 Å². The number of carbonyl (C=O) groups is 1. The molecule has 1 fully saturated rings. The summed E-state index contributed by atoms with van der Waals surface area (Å²) in [5, 5.41) is 10.7. The van der Waals surface area contributed by atoms with Gasteiger partial charge in [-0.3, -0.25) is 9.69 Å². The van der Waals surface area contributed by atoms with Crippen LogP contribution < -0.4 is 9.47 Å². The van der Waals surface area contributed by atoms with Crippen LogP contribution in [-0.4, -0.2) is 47.2 Å². The van der Waals surface area contributed by atoms with Gasteiger partial charge < -0.3 is 14.6 Å². The summed E-state index contributed by atoms with van der Waals surface area (Å²) in [7, 11) is 0. The lowest BCUT2D eigenvalue weighted by molar-refractivity contribution is -0.143. The fraction of sp³-hybridized carbons (Fsp3) is 0.588. The summed E-state index contributed by atoms with van der Waals surface area (Å²) >= 11 is 3.49. The summed E-state index contributed by atoms with van der Waals surface area (Å²) in [6.45, 7) is 3.99. The van der Waals surface area contributed by atoms with Gasteiger partial charge >= 0.3 is 5.97 Å². The molecule has 0 aromatic heterocycles.